The fourth-order valence-corrected chi connectivity index (χ4v) is 2.76. The average molecular weight is 240 g/mol. The molecule has 2 amide bonds. The standard InChI is InChI=1S/C13H24N2O2/c1-2-12(7-8-12)9-14-11(17)15-13(10-16)5-3-4-6-13/h16H,2-10H2,1H3,(H2,14,15,17). The summed E-state index contributed by atoms with van der Waals surface area (Å²) in [4.78, 5) is 11.8. The van der Waals surface area contributed by atoms with Crippen molar-refractivity contribution in [2.45, 2.75) is 57.4 Å². The van der Waals surface area contributed by atoms with E-state index in [-0.39, 0.29) is 18.2 Å². The van der Waals surface area contributed by atoms with Gasteiger partial charge in [-0.05, 0) is 37.5 Å². The van der Waals surface area contributed by atoms with Gasteiger partial charge in [-0.3, -0.25) is 0 Å². The van der Waals surface area contributed by atoms with E-state index in [1.807, 2.05) is 0 Å². The molecule has 2 rings (SSSR count). The summed E-state index contributed by atoms with van der Waals surface area (Å²) in [6, 6.07) is -0.110. The van der Waals surface area contributed by atoms with Crippen LogP contribution in [-0.4, -0.2) is 29.8 Å². The predicted octanol–water partition coefficient (Wildman–Crippen LogP) is 1.78. The highest BCUT2D eigenvalue weighted by Gasteiger charge is 2.41. The summed E-state index contributed by atoms with van der Waals surface area (Å²) in [5.41, 5.74) is 0.0202. The lowest BCUT2D eigenvalue weighted by atomic mass is 9.99. The molecule has 2 saturated carbocycles. The van der Waals surface area contributed by atoms with Gasteiger partial charge in [0.2, 0.25) is 0 Å². The molecule has 2 aliphatic rings. The smallest absolute Gasteiger partial charge is 0.315 e. The average Bonchev–Trinajstić information content (AvgIpc) is 2.99. The van der Waals surface area contributed by atoms with Gasteiger partial charge in [-0.1, -0.05) is 19.8 Å². The normalized spacial score (nSPS) is 24.4. The Kier molecular flexibility index (Phi) is 3.61. The first-order valence-corrected chi connectivity index (χ1v) is 6.81. The van der Waals surface area contributed by atoms with Gasteiger partial charge in [0.05, 0.1) is 12.1 Å². The van der Waals surface area contributed by atoms with E-state index in [2.05, 4.69) is 17.6 Å². The third kappa shape index (κ3) is 2.92. The number of amides is 2. The summed E-state index contributed by atoms with van der Waals surface area (Å²) in [5, 5.41) is 15.3. The molecule has 0 aromatic carbocycles. The number of carbonyl (C=O) groups is 1. The molecule has 0 aromatic heterocycles. The summed E-state index contributed by atoms with van der Waals surface area (Å²) in [6.45, 7) is 3.01. The van der Waals surface area contributed by atoms with Gasteiger partial charge < -0.3 is 15.7 Å². The molecule has 0 bridgehead atoms. The molecule has 0 aromatic rings. The summed E-state index contributed by atoms with van der Waals surface area (Å²) < 4.78 is 0. The Morgan fingerprint density at radius 2 is 1.88 bits per heavy atom. The van der Waals surface area contributed by atoms with Crippen molar-refractivity contribution in [3.63, 3.8) is 0 Å². The molecule has 0 spiro atoms. The molecule has 0 saturated heterocycles. The Bertz CT molecular complexity index is 281. The molecule has 0 heterocycles. The van der Waals surface area contributed by atoms with E-state index < -0.39 is 0 Å². The Labute approximate surface area is 103 Å². The lowest BCUT2D eigenvalue weighted by molar-refractivity contribution is 0.162. The van der Waals surface area contributed by atoms with Crippen molar-refractivity contribution in [2.75, 3.05) is 13.2 Å². The van der Waals surface area contributed by atoms with Crippen molar-refractivity contribution in [3.05, 3.63) is 0 Å². The third-order valence-corrected chi connectivity index (χ3v) is 4.57. The van der Waals surface area contributed by atoms with Crippen LogP contribution in [0.4, 0.5) is 4.79 Å². The molecular weight excluding hydrogens is 216 g/mol. The Morgan fingerprint density at radius 3 is 2.35 bits per heavy atom. The number of hydrogen-bond donors (Lipinski definition) is 3. The number of aliphatic hydroxyl groups is 1. The number of urea groups is 1. The molecule has 98 valence electrons. The van der Waals surface area contributed by atoms with E-state index in [1.54, 1.807) is 0 Å². The topological polar surface area (TPSA) is 61.4 Å². The summed E-state index contributed by atoms with van der Waals surface area (Å²) >= 11 is 0. The maximum absolute atomic E-state index is 11.8. The zero-order chi connectivity index (χ0) is 12.4. The molecule has 0 radical (unpaired) electrons. The maximum Gasteiger partial charge on any atom is 0.315 e. The molecule has 4 heteroatoms. The van der Waals surface area contributed by atoms with Gasteiger partial charge in [0.15, 0.2) is 0 Å². The van der Waals surface area contributed by atoms with Gasteiger partial charge in [0, 0.05) is 6.54 Å². The zero-order valence-corrected chi connectivity index (χ0v) is 10.7. The van der Waals surface area contributed by atoms with Crippen LogP contribution < -0.4 is 10.6 Å². The summed E-state index contributed by atoms with van der Waals surface area (Å²) in [6.07, 6.45) is 7.59. The second-order valence-electron chi connectivity index (χ2n) is 5.81. The first-order valence-electron chi connectivity index (χ1n) is 6.81. The molecule has 2 fully saturated rings. The molecule has 0 aliphatic heterocycles. The van der Waals surface area contributed by atoms with E-state index in [0.717, 1.165) is 38.6 Å². The van der Waals surface area contributed by atoms with Crippen LogP contribution in [0.2, 0.25) is 0 Å². The first-order chi connectivity index (χ1) is 8.14. The van der Waals surface area contributed by atoms with E-state index >= 15 is 0 Å². The maximum atomic E-state index is 11.8. The number of hydrogen-bond acceptors (Lipinski definition) is 2. The monoisotopic (exact) mass is 240 g/mol. The lowest BCUT2D eigenvalue weighted by Crippen LogP contribution is -2.53. The molecule has 2 aliphatic carbocycles. The fourth-order valence-electron chi connectivity index (χ4n) is 2.76. The SMILES string of the molecule is CCC1(CNC(=O)NC2(CO)CCCC2)CC1. The van der Waals surface area contributed by atoms with Crippen molar-refractivity contribution >= 4 is 6.03 Å². The van der Waals surface area contributed by atoms with Crippen molar-refractivity contribution < 1.29 is 9.90 Å². The number of carbonyl (C=O) groups excluding carboxylic acids is 1. The van der Waals surface area contributed by atoms with E-state index in [9.17, 15) is 9.90 Å². The molecule has 0 atom stereocenters. The van der Waals surface area contributed by atoms with Crippen LogP contribution >= 0.6 is 0 Å². The van der Waals surface area contributed by atoms with Crippen LogP contribution in [0.1, 0.15) is 51.9 Å². The van der Waals surface area contributed by atoms with Crippen LogP contribution in [0.3, 0.4) is 0 Å². The minimum Gasteiger partial charge on any atom is -0.394 e. The predicted molar refractivity (Wildman–Crippen MR) is 66.8 cm³/mol. The number of nitrogens with one attached hydrogen (secondary N) is 2. The molecule has 3 N–H and O–H groups in total. The van der Waals surface area contributed by atoms with Crippen LogP contribution in [0, 0.1) is 5.41 Å². The van der Waals surface area contributed by atoms with Crippen molar-refractivity contribution in [3.8, 4) is 0 Å². The van der Waals surface area contributed by atoms with Crippen molar-refractivity contribution in [2.24, 2.45) is 5.41 Å². The van der Waals surface area contributed by atoms with E-state index in [1.165, 1.54) is 12.8 Å². The molecule has 0 unspecified atom stereocenters. The lowest BCUT2D eigenvalue weighted by Gasteiger charge is -2.28. The second kappa shape index (κ2) is 4.84. The van der Waals surface area contributed by atoms with E-state index in [4.69, 9.17) is 0 Å². The quantitative estimate of drug-likeness (QED) is 0.686. The Hall–Kier alpha value is -0.770. The largest absolute Gasteiger partial charge is 0.394 e. The van der Waals surface area contributed by atoms with Gasteiger partial charge in [0.25, 0.3) is 0 Å². The minimum atomic E-state index is -0.354. The van der Waals surface area contributed by atoms with Gasteiger partial charge in [-0.15, -0.1) is 0 Å². The number of aliphatic hydroxyl groups excluding tert-OH is 1. The molecule has 4 nitrogen and oxygen atoms in total. The Morgan fingerprint density at radius 1 is 1.24 bits per heavy atom. The number of rotatable bonds is 5. The summed E-state index contributed by atoms with van der Waals surface area (Å²) in [7, 11) is 0. The zero-order valence-electron chi connectivity index (χ0n) is 10.7. The molecule has 17 heavy (non-hydrogen) atoms. The van der Waals surface area contributed by atoms with Crippen LogP contribution in [-0.2, 0) is 0 Å². The second-order valence-corrected chi connectivity index (χ2v) is 5.81. The van der Waals surface area contributed by atoms with Gasteiger partial charge >= 0.3 is 6.03 Å². The Balaban J connectivity index is 1.76. The van der Waals surface area contributed by atoms with Crippen molar-refractivity contribution in [1.82, 2.24) is 10.6 Å². The minimum absolute atomic E-state index is 0.0549. The van der Waals surface area contributed by atoms with Gasteiger partial charge in [-0.2, -0.15) is 0 Å². The van der Waals surface area contributed by atoms with Gasteiger partial charge in [0.1, 0.15) is 0 Å². The first kappa shape index (κ1) is 12.7. The third-order valence-electron chi connectivity index (χ3n) is 4.57. The van der Waals surface area contributed by atoms with Crippen LogP contribution in [0.15, 0.2) is 0 Å². The molecular formula is C13H24N2O2. The fraction of sp³-hybridized carbons (Fsp3) is 0.923. The van der Waals surface area contributed by atoms with Crippen LogP contribution in [0.5, 0.6) is 0 Å². The van der Waals surface area contributed by atoms with E-state index in [0.29, 0.717) is 5.41 Å². The highest BCUT2D eigenvalue weighted by molar-refractivity contribution is 5.75. The highest BCUT2D eigenvalue weighted by atomic mass is 16.3. The summed E-state index contributed by atoms with van der Waals surface area (Å²) in [5.74, 6) is 0. The highest BCUT2D eigenvalue weighted by Crippen LogP contribution is 2.47. The van der Waals surface area contributed by atoms with Gasteiger partial charge in [-0.25, -0.2) is 4.79 Å². The van der Waals surface area contributed by atoms with Crippen LogP contribution in [0.25, 0.3) is 0 Å². The van der Waals surface area contributed by atoms with Crippen molar-refractivity contribution in [1.29, 1.82) is 0 Å².